The largest absolute Gasteiger partial charge is 0.397 e. The topological polar surface area (TPSA) is 45.4 Å². The molecule has 0 radical (unpaired) electrons. The van der Waals surface area contributed by atoms with Gasteiger partial charge in [-0.15, -0.1) is 11.3 Å². The Kier molecular flexibility index (Phi) is 4.12. The molecule has 1 saturated heterocycles. The van der Waals surface area contributed by atoms with Crippen LogP contribution in [0.2, 0.25) is 0 Å². The second-order valence-corrected chi connectivity index (χ2v) is 6.86. The molecule has 3 rings (SSSR count). The number of hydrogen-bond acceptors (Lipinski definition) is 5. The van der Waals surface area contributed by atoms with Gasteiger partial charge in [-0.3, -0.25) is 4.90 Å². The lowest BCUT2D eigenvalue weighted by molar-refractivity contribution is 0.249. The molecule has 1 fully saturated rings. The van der Waals surface area contributed by atoms with Crippen molar-refractivity contribution in [3.8, 4) is 0 Å². The minimum atomic E-state index is 0.872. The van der Waals surface area contributed by atoms with E-state index in [1.54, 1.807) is 0 Å². The first-order valence-corrected chi connectivity index (χ1v) is 8.20. The maximum atomic E-state index is 6.07. The number of nitrogen functional groups attached to an aromatic ring is 1. The Morgan fingerprint density at radius 3 is 2.48 bits per heavy atom. The van der Waals surface area contributed by atoms with Crippen LogP contribution in [0.4, 0.5) is 11.4 Å². The highest BCUT2D eigenvalue weighted by Crippen LogP contribution is 2.24. The van der Waals surface area contributed by atoms with Crippen molar-refractivity contribution in [2.45, 2.75) is 20.4 Å². The van der Waals surface area contributed by atoms with E-state index in [0.29, 0.717) is 0 Å². The number of thiazole rings is 1. The lowest BCUT2D eigenvalue weighted by atomic mass is 10.2. The number of para-hydroxylation sites is 2. The van der Waals surface area contributed by atoms with Crippen molar-refractivity contribution in [3.63, 3.8) is 0 Å². The van der Waals surface area contributed by atoms with E-state index < -0.39 is 0 Å². The van der Waals surface area contributed by atoms with Gasteiger partial charge in [0.05, 0.1) is 23.6 Å². The average molecular weight is 302 g/mol. The van der Waals surface area contributed by atoms with E-state index in [1.165, 1.54) is 15.6 Å². The molecular formula is C16H22N4S. The summed E-state index contributed by atoms with van der Waals surface area (Å²) in [5.41, 5.74) is 9.27. The highest BCUT2D eigenvalue weighted by atomic mass is 32.1. The third kappa shape index (κ3) is 3.19. The average Bonchev–Trinajstić information content (AvgIpc) is 2.79. The summed E-state index contributed by atoms with van der Waals surface area (Å²) in [6.45, 7) is 9.38. The Hall–Kier alpha value is -1.59. The van der Waals surface area contributed by atoms with Crippen molar-refractivity contribution in [2.75, 3.05) is 36.8 Å². The van der Waals surface area contributed by atoms with E-state index >= 15 is 0 Å². The van der Waals surface area contributed by atoms with Crippen LogP contribution in [0.25, 0.3) is 0 Å². The molecular weight excluding hydrogens is 280 g/mol. The summed E-state index contributed by atoms with van der Waals surface area (Å²) >= 11 is 1.82. The Labute approximate surface area is 130 Å². The fourth-order valence-corrected chi connectivity index (χ4v) is 3.70. The van der Waals surface area contributed by atoms with Crippen LogP contribution in [0, 0.1) is 13.8 Å². The highest BCUT2D eigenvalue weighted by molar-refractivity contribution is 7.11. The zero-order valence-electron chi connectivity index (χ0n) is 12.7. The minimum absolute atomic E-state index is 0.872. The second kappa shape index (κ2) is 6.03. The maximum absolute atomic E-state index is 6.07. The molecule has 0 aliphatic carbocycles. The standard InChI is InChI=1S/C16H22N4S/c1-12-13(2)21-16(18-12)11-19-7-9-20(10-8-19)15-6-4-3-5-14(15)17/h3-6H,7-11,17H2,1-2H3. The normalized spacial score (nSPS) is 16.4. The van der Waals surface area contributed by atoms with Crippen molar-refractivity contribution in [3.05, 3.63) is 39.8 Å². The predicted octanol–water partition coefficient (Wildman–Crippen LogP) is 2.66. The van der Waals surface area contributed by atoms with Crippen molar-refractivity contribution in [2.24, 2.45) is 0 Å². The van der Waals surface area contributed by atoms with Crippen LogP contribution in [0.15, 0.2) is 24.3 Å². The minimum Gasteiger partial charge on any atom is -0.397 e. The first kappa shape index (κ1) is 14.4. The molecule has 4 nitrogen and oxygen atoms in total. The predicted molar refractivity (Wildman–Crippen MR) is 89.9 cm³/mol. The Balaban J connectivity index is 1.59. The molecule has 0 amide bonds. The molecule has 2 heterocycles. The highest BCUT2D eigenvalue weighted by Gasteiger charge is 2.19. The van der Waals surface area contributed by atoms with Gasteiger partial charge in [0.25, 0.3) is 0 Å². The van der Waals surface area contributed by atoms with Crippen molar-refractivity contribution >= 4 is 22.7 Å². The number of nitrogens with zero attached hydrogens (tertiary/aromatic N) is 3. The quantitative estimate of drug-likeness (QED) is 0.886. The number of nitrogens with two attached hydrogens (primary N) is 1. The summed E-state index contributed by atoms with van der Waals surface area (Å²) in [4.78, 5) is 10.8. The maximum Gasteiger partial charge on any atom is 0.107 e. The Morgan fingerprint density at radius 1 is 1.14 bits per heavy atom. The van der Waals surface area contributed by atoms with Crippen LogP contribution < -0.4 is 10.6 Å². The Morgan fingerprint density at radius 2 is 1.86 bits per heavy atom. The van der Waals surface area contributed by atoms with E-state index in [4.69, 9.17) is 5.73 Å². The fraction of sp³-hybridized carbons (Fsp3) is 0.438. The molecule has 2 aromatic rings. The number of hydrogen-bond donors (Lipinski definition) is 1. The molecule has 21 heavy (non-hydrogen) atoms. The van der Waals surface area contributed by atoms with Crippen LogP contribution >= 0.6 is 11.3 Å². The molecule has 0 unspecified atom stereocenters. The van der Waals surface area contributed by atoms with E-state index in [0.717, 1.165) is 44.1 Å². The van der Waals surface area contributed by atoms with Gasteiger partial charge in [0.15, 0.2) is 0 Å². The first-order valence-electron chi connectivity index (χ1n) is 7.38. The van der Waals surface area contributed by atoms with Crippen LogP contribution in [0.1, 0.15) is 15.6 Å². The van der Waals surface area contributed by atoms with Gasteiger partial charge in [-0.25, -0.2) is 4.98 Å². The molecule has 112 valence electrons. The number of rotatable bonds is 3. The van der Waals surface area contributed by atoms with Gasteiger partial charge in [-0.1, -0.05) is 12.1 Å². The number of aromatic nitrogens is 1. The third-order valence-corrected chi connectivity index (χ3v) is 5.14. The molecule has 5 heteroatoms. The summed E-state index contributed by atoms with van der Waals surface area (Å²) in [5.74, 6) is 0. The van der Waals surface area contributed by atoms with Crippen molar-refractivity contribution in [1.82, 2.24) is 9.88 Å². The molecule has 1 aromatic carbocycles. The van der Waals surface area contributed by atoms with Gasteiger partial charge in [0.1, 0.15) is 5.01 Å². The van der Waals surface area contributed by atoms with E-state index in [-0.39, 0.29) is 0 Å². The van der Waals surface area contributed by atoms with Gasteiger partial charge in [-0.2, -0.15) is 0 Å². The molecule has 2 N–H and O–H groups in total. The SMILES string of the molecule is Cc1nc(CN2CCN(c3ccccc3N)CC2)sc1C. The smallest absolute Gasteiger partial charge is 0.107 e. The van der Waals surface area contributed by atoms with Crippen LogP contribution in [-0.4, -0.2) is 36.1 Å². The number of anilines is 2. The molecule has 1 aliphatic rings. The molecule has 1 aromatic heterocycles. The molecule has 0 saturated carbocycles. The lowest BCUT2D eigenvalue weighted by Gasteiger charge is -2.36. The summed E-state index contributed by atoms with van der Waals surface area (Å²) in [6, 6.07) is 8.13. The monoisotopic (exact) mass is 302 g/mol. The van der Waals surface area contributed by atoms with Crippen molar-refractivity contribution < 1.29 is 0 Å². The van der Waals surface area contributed by atoms with Crippen LogP contribution in [0.5, 0.6) is 0 Å². The number of piperazine rings is 1. The van der Waals surface area contributed by atoms with E-state index in [2.05, 4.69) is 40.8 Å². The Bertz CT molecular complexity index is 595. The van der Waals surface area contributed by atoms with Crippen LogP contribution in [0.3, 0.4) is 0 Å². The van der Waals surface area contributed by atoms with E-state index in [1.807, 2.05) is 23.5 Å². The summed E-state index contributed by atoms with van der Waals surface area (Å²) in [6.07, 6.45) is 0. The molecule has 1 aliphatic heterocycles. The summed E-state index contributed by atoms with van der Waals surface area (Å²) in [7, 11) is 0. The second-order valence-electron chi connectivity index (χ2n) is 5.57. The van der Waals surface area contributed by atoms with Gasteiger partial charge in [0.2, 0.25) is 0 Å². The molecule has 0 atom stereocenters. The fourth-order valence-electron chi connectivity index (χ4n) is 2.72. The van der Waals surface area contributed by atoms with Gasteiger partial charge < -0.3 is 10.6 Å². The van der Waals surface area contributed by atoms with Gasteiger partial charge in [-0.05, 0) is 26.0 Å². The number of aryl methyl sites for hydroxylation is 2. The molecule has 0 spiro atoms. The van der Waals surface area contributed by atoms with Crippen molar-refractivity contribution in [1.29, 1.82) is 0 Å². The zero-order valence-corrected chi connectivity index (χ0v) is 13.5. The zero-order chi connectivity index (χ0) is 14.8. The molecule has 0 bridgehead atoms. The number of benzene rings is 1. The van der Waals surface area contributed by atoms with Gasteiger partial charge >= 0.3 is 0 Å². The van der Waals surface area contributed by atoms with E-state index in [9.17, 15) is 0 Å². The summed E-state index contributed by atoms with van der Waals surface area (Å²) in [5, 5.41) is 1.23. The first-order chi connectivity index (χ1) is 10.1. The third-order valence-electron chi connectivity index (χ3n) is 4.08. The van der Waals surface area contributed by atoms with Gasteiger partial charge in [0, 0.05) is 31.1 Å². The summed E-state index contributed by atoms with van der Waals surface area (Å²) < 4.78 is 0. The lowest BCUT2D eigenvalue weighted by Crippen LogP contribution is -2.46. The van der Waals surface area contributed by atoms with Crippen LogP contribution in [-0.2, 0) is 6.54 Å².